The summed E-state index contributed by atoms with van der Waals surface area (Å²) in [5, 5.41) is 15.1. The van der Waals surface area contributed by atoms with E-state index in [0.29, 0.717) is 47.5 Å². The van der Waals surface area contributed by atoms with Crippen LogP contribution in [0.4, 0.5) is 19.0 Å². The molecule has 2 atom stereocenters. The number of ether oxygens (including phenoxy) is 1. The quantitative estimate of drug-likeness (QED) is 0.281. The number of piperazine rings is 1. The molecule has 0 aliphatic carbocycles. The Balaban J connectivity index is 1.44. The molecular formula is C31H29F3N6O2. The van der Waals surface area contributed by atoms with Gasteiger partial charge in [0.2, 0.25) is 0 Å². The fraction of sp³-hybridized carbons (Fsp3) is 0.323. The number of phenolic OH excluding ortho intramolecular Hbond substituents is 1. The zero-order valence-electron chi connectivity index (χ0n) is 23.2. The smallest absolute Gasteiger partial charge is 0.319 e. The van der Waals surface area contributed by atoms with Crippen LogP contribution in [0.25, 0.3) is 32.8 Å². The van der Waals surface area contributed by atoms with Crippen LogP contribution in [0.3, 0.4) is 0 Å². The van der Waals surface area contributed by atoms with Gasteiger partial charge in [-0.3, -0.25) is 0 Å². The first-order valence-corrected chi connectivity index (χ1v) is 14.0. The molecule has 4 heterocycles. The van der Waals surface area contributed by atoms with Gasteiger partial charge in [0.15, 0.2) is 5.82 Å². The molecule has 42 heavy (non-hydrogen) atoms. The van der Waals surface area contributed by atoms with Gasteiger partial charge >= 0.3 is 6.01 Å². The van der Waals surface area contributed by atoms with Crippen LogP contribution in [0.15, 0.2) is 42.7 Å². The number of anilines is 1. The first kappa shape index (κ1) is 26.5. The minimum Gasteiger partial charge on any atom is -0.508 e. The zero-order chi connectivity index (χ0) is 29.1. The zero-order valence-corrected chi connectivity index (χ0v) is 23.2. The van der Waals surface area contributed by atoms with Crippen molar-refractivity contribution >= 4 is 27.5 Å². The third-order valence-electron chi connectivity index (χ3n) is 8.39. The van der Waals surface area contributed by atoms with Crippen molar-refractivity contribution in [2.75, 3.05) is 18.0 Å². The number of rotatable bonds is 6. The number of aromatic hydroxyl groups is 1. The van der Waals surface area contributed by atoms with Gasteiger partial charge in [-0.1, -0.05) is 13.0 Å². The number of imidazole rings is 1. The Morgan fingerprint density at radius 2 is 1.83 bits per heavy atom. The Bertz CT molecular complexity index is 1850. The van der Waals surface area contributed by atoms with E-state index in [1.54, 1.807) is 23.9 Å². The molecule has 2 aliphatic rings. The fourth-order valence-electron chi connectivity index (χ4n) is 6.39. The van der Waals surface area contributed by atoms with Crippen LogP contribution >= 0.6 is 0 Å². The van der Waals surface area contributed by atoms with Crippen molar-refractivity contribution in [2.45, 2.75) is 44.9 Å². The van der Waals surface area contributed by atoms with Gasteiger partial charge in [-0.25, -0.2) is 18.2 Å². The van der Waals surface area contributed by atoms with Crippen molar-refractivity contribution in [3.05, 3.63) is 71.6 Å². The maximum Gasteiger partial charge on any atom is 0.319 e. The van der Waals surface area contributed by atoms with Crippen LogP contribution in [-0.2, 0) is 20.1 Å². The van der Waals surface area contributed by atoms with Gasteiger partial charge in [0, 0.05) is 50.0 Å². The summed E-state index contributed by atoms with van der Waals surface area (Å²) in [6.45, 7) is 3.08. The Morgan fingerprint density at radius 3 is 2.55 bits per heavy atom. The molecule has 0 unspecified atom stereocenters. The molecule has 0 spiro atoms. The molecule has 11 heteroatoms. The summed E-state index contributed by atoms with van der Waals surface area (Å²) in [4.78, 5) is 15.3. The third-order valence-corrected chi connectivity index (χ3v) is 8.39. The summed E-state index contributed by atoms with van der Waals surface area (Å²) in [7, 11) is 1.83. The van der Waals surface area contributed by atoms with Gasteiger partial charge in [0.25, 0.3) is 0 Å². The Morgan fingerprint density at radius 1 is 1.05 bits per heavy atom. The molecule has 2 saturated heterocycles. The Kier molecular flexibility index (Phi) is 6.41. The van der Waals surface area contributed by atoms with E-state index in [1.807, 2.05) is 11.9 Å². The molecule has 216 valence electrons. The summed E-state index contributed by atoms with van der Waals surface area (Å²) in [6, 6.07) is 7.18. The van der Waals surface area contributed by atoms with Crippen molar-refractivity contribution in [1.29, 1.82) is 0 Å². The van der Waals surface area contributed by atoms with E-state index in [1.165, 1.54) is 30.3 Å². The van der Waals surface area contributed by atoms with Gasteiger partial charge in [-0.15, -0.1) is 0 Å². The first-order valence-electron chi connectivity index (χ1n) is 14.0. The minimum atomic E-state index is -0.938. The van der Waals surface area contributed by atoms with Crippen LogP contribution in [0.5, 0.6) is 11.8 Å². The molecule has 2 aromatic heterocycles. The lowest BCUT2D eigenvalue weighted by atomic mass is 9.91. The second-order valence-corrected chi connectivity index (χ2v) is 11.0. The number of halogens is 3. The molecule has 2 fully saturated rings. The minimum absolute atomic E-state index is 0.0489. The molecule has 2 bridgehead atoms. The normalized spacial score (nSPS) is 18.4. The van der Waals surface area contributed by atoms with Crippen molar-refractivity contribution in [2.24, 2.45) is 7.05 Å². The van der Waals surface area contributed by atoms with E-state index in [4.69, 9.17) is 4.74 Å². The highest BCUT2D eigenvalue weighted by Gasteiger charge is 2.34. The SMILES string of the molecule is CCc1c(F)ccc2cc(O)cc(-c3c(F)cc4c(N5C[C@H]6CC[C@@H](C5)N6)nc(OCc5nccn5C)nc4c3F)c12. The molecule has 7 rings (SSSR count). The van der Waals surface area contributed by atoms with Crippen LogP contribution in [0.1, 0.15) is 31.2 Å². The summed E-state index contributed by atoms with van der Waals surface area (Å²) in [5.41, 5.74) is -0.166. The molecule has 3 aromatic carbocycles. The van der Waals surface area contributed by atoms with Crippen LogP contribution in [0, 0.1) is 17.5 Å². The number of nitrogens with zero attached hydrogens (tertiary/aromatic N) is 5. The number of aromatic nitrogens is 4. The largest absolute Gasteiger partial charge is 0.508 e. The number of benzene rings is 3. The van der Waals surface area contributed by atoms with E-state index in [2.05, 4.69) is 20.3 Å². The lowest BCUT2D eigenvalue weighted by Gasteiger charge is -2.34. The number of phenols is 1. The van der Waals surface area contributed by atoms with Crippen LogP contribution in [0.2, 0.25) is 0 Å². The summed E-state index contributed by atoms with van der Waals surface area (Å²) in [6.07, 6.45) is 5.74. The van der Waals surface area contributed by atoms with Crippen molar-refractivity contribution in [3.8, 4) is 22.9 Å². The second-order valence-electron chi connectivity index (χ2n) is 11.0. The first-order chi connectivity index (χ1) is 20.3. The molecule has 0 saturated carbocycles. The predicted molar refractivity (Wildman–Crippen MR) is 153 cm³/mol. The Hall–Kier alpha value is -4.38. The molecular weight excluding hydrogens is 545 g/mol. The number of fused-ring (bicyclic) bond motifs is 4. The highest BCUT2D eigenvalue weighted by Crippen LogP contribution is 2.42. The highest BCUT2D eigenvalue weighted by atomic mass is 19.1. The van der Waals surface area contributed by atoms with E-state index in [0.717, 1.165) is 12.8 Å². The summed E-state index contributed by atoms with van der Waals surface area (Å²) >= 11 is 0. The van der Waals surface area contributed by atoms with Gasteiger partial charge in [0.05, 0.1) is 5.56 Å². The summed E-state index contributed by atoms with van der Waals surface area (Å²) < 4.78 is 55.4. The average Bonchev–Trinajstić information content (AvgIpc) is 3.54. The molecule has 0 radical (unpaired) electrons. The lowest BCUT2D eigenvalue weighted by Crippen LogP contribution is -2.51. The van der Waals surface area contributed by atoms with E-state index < -0.39 is 23.0 Å². The van der Waals surface area contributed by atoms with E-state index in [-0.39, 0.29) is 46.9 Å². The van der Waals surface area contributed by atoms with Gasteiger partial charge in [-0.2, -0.15) is 9.97 Å². The standard InChI is InChI=1S/C31H29F3N6O2/c1-3-20-23(32)7-4-16-10-19(41)11-21(26(16)20)27-24(33)12-22-29(28(27)34)37-31(42-15-25-35-8-9-39(25)2)38-30(22)40-13-17-5-6-18(14-40)36-17/h4,7-12,17-18,36,41H,3,5-6,13-15H2,1-2H3/t17-,18+. The van der Waals surface area contributed by atoms with Gasteiger partial charge in [-0.05, 0) is 65.4 Å². The molecule has 8 nitrogen and oxygen atoms in total. The number of hydrogen-bond acceptors (Lipinski definition) is 7. The van der Waals surface area contributed by atoms with E-state index >= 15 is 8.78 Å². The maximum atomic E-state index is 16.7. The molecule has 2 aliphatic heterocycles. The van der Waals surface area contributed by atoms with Crippen LogP contribution in [-0.4, -0.2) is 49.8 Å². The topological polar surface area (TPSA) is 88.3 Å². The number of nitrogens with one attached hydrogen (secondary N) is 1. The molecule has 0 amide bonds. The van der Waals surface area contributed by atoms with Gasteiger partial charge in [0.1, 0.15) is 41.1 Å². The van der Waals surface area contributed by atoms with Crippen LogP contribution < -0.4 is 15.0 Å². The molecule has 5 aromatic rings. The third kappa shape index (κ3) is 4.39. The lowest BCUT2D eigenvalue weighted by molar-refractivity contribution is 0.269. The number of aryl methyl sites for hydroxylation is 2. The fourth-order valence-corrected chi connectivity index (χ4v) is 6.39. The predicted octanol–water partition coefficient (Wildman–Crippen LogP) is 5.39. The monoisotopic (exact) mass is 574 g/mol. The highest BCUT2D eigenvalue weighted by molar-refractivity contribution is 6.03. The maximum absolute atomic E-state index is 16.7. The Labute approximate surface area is 239 Å². The second kappa shape index (κ2) is 10.2. The van der Waals surface area contributed by atoms with Crippen molar-refractivity contribution in [3.63, 3.8) is 0 Å². The molecule has 2 N–H and O–H groups in total. The van der Waals surface area contributed by atoms with E-state index in [9.17, 15) is 9.50 Å². The summed E-state index contributed by atoms with van der Waals surface area (Å²) in [5.74, 6) is -1.46. The average molecular weight is 575 g/mol. The number of hydrogen-bond donors (Lipinski definition) is 2. The van der Waals surface area contributed by atoms with Crippen molar-refractivity contribution in [1.82, 2.24) is 24.8 Å². The van der Waals surface area contributed by atoms with Gasteiger partial charge < -0.3 is 24.6 Å². The van der Waals surface area contributed by atoms with Crippen molar-refractivity contribution < 1.29 is 23.0 Å².